The van der Waals surface area contributed by atoms with Gasteiger partial charge in [-0.25, -0.2) is 0 Å². The van der Waals surface area contributed by atoms with Gasteiger partial charge in [0.1, 0.15) is 0 Å². The molecule has 2 bridgehead atoms. The number of nitrogen functional groups attached to an aromatic ring is 1. The fraction of sp³-hybridized carbons (Fsp3) is 0.727. The van der Waals surface area contributed by atoms with Crippen molar-refractivity contribution in [3.63, 3.8) is 0 Å². The zero-order valence-electron chi connectivity index (χ0n) is 15.1. The van der Waals surface area contributed by atoms with Gasteiger partial charge in [0.05, 0.1) is 0 Å². The molecule has 2 atom stereocenters. The summed E-state index contributed by atoms with van der Waals surface area (Å²) in [5.74, 6) is 1.83. The Morgan fingerprint density at radius 1 is 0.833 bits per heavy atom. The van der Waals surface area contributed by atoms with Crippen LogP contribution in [0.15, 0.2) is 24.3 Å². The van der Waals surface area contributed by atoms with Crippen molar-refractivity contribution in [2.75, 3.05) is 12.3 Å². The maximum atomic E-state index is 6.18. The van der Waals surface area contributed by atoms with Crippen molar-refractivity contribution in [2.45, 2.75) is 82.7 Å². The number of nitrogens with two attached hydrogens (primary N) is 1. The fourth-order valence-corrected chi connectivity index (χ4v) is 5.73. The molecular weight excluding hydrogens is 292 g/mol. The van der Waals surface area contributed by atoms with Crippen LogP contribution in [0, 0.1) is 11.8 Å². The van der Waals surface area contributed by atoms with E-state index in [9.17, 15) is 0 Å². The maximum Gasteiger partial charge on any atom is 0.0346 e. The lowest BCUT2D eigenvalue weighted by Gasteiger charge is -2.41. The van der Waals surface area contributed by atoms with E-state index in [4.69, 9.17) is 5.73 Å². The molecule has 0 spiro atoms. The third-order valence-corrected chi connectivity index (χ3v) is 6.99. The second-order valence-electron chi connectivity index (χ2n) is 8.68. The number of hydrogen-bond donors (Lipinski definition) is 1. The van der Waals surface area contributed by atoms with E-state index in [1.54, 1.807) is 0 Å². The molecule has 0 amide bonds. The molecule has 4 rings (SSSR count). The Morgan fingerprint density at radius 2 is 1.50 bits per heavy atom. The fourth-order valence-electron chi connectivity index (χ4n) is 5.73. The van der Waals surface area contributed by atoms with Gasteiger partial charge in [-0.3, -0.25) is 4.90 Å². The van der Waals surface area contributed by atoms with Crippen molar-refractivity contribution in [2.24, 2.45) is 11.8 Å². The molecule has 2 heterocycles. The van der Waals surface area contributed by atoms with Crippen molar-refractivity contribution < 1.29 is 0 Å². The third kappa shape index (κ3) is 3.64. The minimum Gasteiger partial charge on any atom is -0.399 e. The summed E-state index contributed by atoms with van der Waals surface area (Å²) in [5, 5.41) is 0. The lowest BCUT2D eigenvalue weighted by atomic mass is 9.84. The summed E-state index contributed by atoms with van der Waals surface area (Å²) in [6, 6.07) is 10.2. The van der Waals surface area contributed by atoms with Crippen LogP contribution >= 0.6 is 0 Å². The van der Waals surface area contributed by atoms with Gasteiger partial charge in [-0.05, 0) is 68.4 Å². The van der Waals surface area contributed by atoms with E-state index in [0.717, 1.165) is 29.6 Å². The van der Waals surface area contributed by atoms with Gasteiger partial charge in [0.2, 0.25) is 0 Å². The van der Waals surface area contributed by atoms with E-state index in [-0.39, 0.29) is 0 Å². The van der Waals surface area contributed by atoms with Crippen molar-refractivity contribution in [3.8, 4) is 0 Å². The van der Waals surface area contributed by atoms with Gasteiger partial charge < -0.3 is 5.73 Å². The Hall–Kier alpha value is -1.02. The van der Waals surface area contributed by atoms with Crippen molar-refractivity contribution in [3.05, 3.63) is 29.8 Å². The summed E-state index contributed by atoms with van der Waals surface area (Å²) in [5.41, 5.74) is 8.54. The minimum absolute atomic E-state index is 0.845. The average Bonchev–Trinajstić information content (AvgIpc) is 2.79. The number of hydrogen-bond acceptors (Lipinski definition) is 2. The van der Waals surface area contributed by atoms with Gasteiger partial charge in [0.15, 0.2) is 0 Å². The molecule has 2 aliphatic heterocycles. The van der Waals surface area contributed by atoms with Gasteiger partial charge in [-0.2, -0.15) is 0 Å². The van der Waals surface area contributed by atoms with Crippen LogP contribution in [0.4, 0.5) is 5.69 Å². The molecule has 0 radical (unpaired) electrons. The number of benzene rings is 1. The minimum atomic E-state index is 0.845. The predicted octanol–water partition coefficient (Wildman–Crippen LogP) is 5.02. The summed E-state index contributed by atoms with van der Waals surface area (Å²) in [7, 11) is 0. The Morgan fingerprint density at radius 3 is 2.17 bits per heavy atom. The Bertz CT molecular complexity index is 519. The molecule has 0 aromatic heterocycles. The van der Waals surface area contributed by atoms with E-state index < -0.39 is 0 Å². The standard InChI is InChI=1S/C22H34N2/c23-22-10-6-5-9-19(22)13-18-14-20-11-12-21(15-18)24(20)16-17-7-3-1-2-4-8-17/h5-6,9-10,17-18,20-21H,1-4,7-8,11-16,23H2. The summed E-state index contributed by atoms with van der Waals surface area (Å²) in [6.07, 6.45) is 15.8. The quantitative estimate of drug-likeness (QED) is 0.621. The topological polar surface area (TPSA) is 29.3 Å². The highest BCUT2D eigenvalue weighted by Gasteiger charge is 2.41. The zero-order chi connectivity index (χ0) is 16.4. The molecule has 3 aliphatic rings. The summed E-state index contributed by atoms with van der Waals surface area (Å²) in [6.45, 7) is 1.40. The Balaban J connectivity index is 1.36. The predicted molar refractivity (Wildman–Crippen MR) is 102 cm³/mol. The van der Waals surface area contributed by atoms with Crippen LogP contribution in [0.25, 0.3) is 0 Å². The van der Waals surface area contributed by atoms with Crippen molar-refractivity contribution >= 4 is 5.69 Å². The second kappa shape index (κ2) is 7.47. The molecule has 24 heavy (non-hydrogen) atoms. The Labute approximate surface area is 147 Å². The van der Waals surface area contributed by atoms with Gasteiger partial charge in [-0.15, -0.1) is 0 Å². The van der Waals surface area contributed by atoms with Crippen LogP contribution in [-0.2, 0) is 6.42 Å². The first-order valence-electron chi connectivity index (χ1n) is 10.4. The van der Waals surface area contributed by atoms with Crippen LogP contribution in [0.3, 0.4) is 0 Å². The van der Waals surface area contributed by atoms with Crippen LogP contribution in [0.1, 0.15) is 69.8 Å². The van der Waals surface area contributed by atoms with Gasteiger partial charge >= 0.3 is 0 Å². The van der Waals surface area contributed by atoms with Crippen LogP contribution < -0.4 is 5.73 Å². The highest BCUT2D eigenvalue weighted by molar-refractivity contribution is 5.46. The molecular formula is C22H34N2. The molecule has 1 saturated carbocycles. The van der Waals surface area contributed by atoms with E-state index in [1.165, 1.54) is 82.7 Å². The summed E-state index contributed by atoms with van der Waals surface area (Å²) in [4.78, 5) is 2.93. The van der Waals surface area contributed by atoms with E-state index in [0.29, 0.717) is 0 Å². The molecule has 1 aromatic rings. The molecule has 3 fully saturated rings. The van der Waals surface area contributed by atoms with Crippen LogP contribution in [0.5, 0.6) is 0 Å². The Kier molecular flexibility index (Phi) is 5.12. The first-order chi connectivity index (χ1) is 11.8. The monoisotopic (exact) mass is 326 g/mol. The van der Waals surface area contributed by atoms with Crippen molar-refractivity contribution in [1.82, 2.24) is 4.90 Å². The van der Waals surface area contributed by atoms with Gasteiger partial charge in [0, 0.05) is 24.3 Å². The number of piperidine rings is 1. The first kappa shape index (κ1) is 16.4. The molecule has 2 unspecified atom stereocenters. The molecule has 2 saturated heterocycles. The van der Waals surface area contributed by atoms with E-state index in [1.807, 2.05) is 0 Å². The normalized spacial score (nSPS) is 31.9. The van der Waals surface area contributed by atoms with Crippen LogP contribution in [0.2, 0.25) is 0 Å². The number of nitrogens with zero attached hydrogens (tertiary/aromatic N) is 1. The highest BCUT2D eigenvalue weighted by Crippen LogP contribution is 2.41. The third-order valence-electron chi connectivity index (χ3n) is 6.99. The number of rotatable bonds is 4. The maximum absolute atomic E-state index is 6.18. The molecule has 2 heteroatoms. The number of fused-ring (bicyclic) bond motifs is 2. The summed E-state index contributed by atoms with van der Waals surface area (Å²) < 4.78 is 0. The lowest BCUT2D eigenvalue weighted by molar-refractivity contribution is 0.0827. The van der Waals surface area contributed by atoms with E-state index >= 15 is 0 Å². The van der Waals surface area contributed by atoms with Gasteiger partial charge in [0.25, 0.3) is 0 Å². The summed E-state index contributed by atoms with van der Waals surface area (Å²) >= 11 is 0. The average molecular weight is 327 g/mol. The highest BCUT2D eigenvalue weighted by atomic mass is 15.2. The molecule has 1 aliphatic carbocycles. The molecule has 132 valence electrons. The molecule has 2 N–H and O–H groups in total. The lowest BCUT2D eigenvalue weighted by Crippen LogP contribution is -2.45. The molecule has 2 nitrogen and oxygen atoms in total. The number of para-hydroxylation sites is 1. The zero-order valence-corrected chi connectivity index (χ0v) is 15.1. The van der Waals surface area contributed by atoms with Crippen molar-refractivity contribution in [1.29, 1.82) is 0 Å². The van der Waals surface area contributed by atoms with Crippen LogP contribution in [-0.4, -0.2) is 23.5 Å². The largest absolute Gasteiger partial charge is 0.399 e. The SMILES string of the molecule is Nc1ccccc1CC1CC2CCC(C1)N2CC1CCCCCC1. The molecule has 1 aromatic carbocycles. The first-order valence-corrected chi connectivity index (χ1v) is 10.4. The second-order valence-corrected chi connectivity index (χ2v) is 8.68. The van der Waals surface area contributed by atoms with E-state index in [2.05, 4.69) is 29.2 Å². The number of anilines is 1. The van der Waals surface area contributed by atoms with Gasteiger partial charge in [-0.1, -0.05) is 43.9 Å². The smallest absolute Gasteiger partial charge is 0.0346 e.